The minimum absolute atomic E-state index is 0.169. The van der Waals surface area contributed by atoms with Crippen LogP contribution >= 0.6 is 0 Å². The number of benzene rings is 1. The van der Waals surface area contributed by atoms with Crippen LogP contribution in [0.3, 0.4) is 0 Å². The van der Waals surface area contributed by atoms with Gasteiger partial charge in [0.15, 0.2) is 5.43 Å². The Kier molecular flexibility index (Phi) is 3.79. The summed E-state index contributed by atoms with van der Waals surface area (Å²) in [5.74, 6) is 0. The van der Waals surface area contributed by atoms with Crippen LogP contribution in [0, 0.1) is 0 Å². The van der Waals surface area contributed by atoms with E-state index < -0.39 is 19.8 Å². The Bertz CT molecular complexity index is 717. The Balaban J connectivity index is 2.56. The van der Waals surface area contributed by atoms with Gasteiger partial charge >= 0.3 is 6.18 Å². The summed E-state index contributed by atoms with van der Waals surface area (Å²) in [5.41, 5.74) is -0.628. The predicted octanol–water partition coefficient (Wildman–Crippen LogP) is 2.80. The lowest BCUT2D eigenvalue weighted by molar-refractivity contribution is -0.137. The molecule has 0 amide bonds. The molecule has 1 aromatic carbocycles. The monoisotopic (exact) mass is 312 g/mol. The maximum absolute atomic E-state index is 12.7. The molecule has 0 aliphatic carbocycles. The van der Waals surface area contributed by atoms with E-state index in [9.17, 15) is 18.0 Å². The molecule has 0 saturated carbocycles. The van der Waals surface area contributed by atoms with Crippen LogP contribution in [0.15, 0.2) is 41.3 Å². The Morgan fingerprint density at radius 1 is 1.14 bits per heavy atom. The molecule has 1 aromatic heterocycles. The maximum Gasteiger partial charge on any atom is 0.416 e. The first-order valence-electron chi connectivity index (χ1n) is 6.37. The van der Waals surface area contributed by atoms with E-state index >= 15 is 0 Å². The molecule has 0 fully saturated rings. The van der Waals surface area contributed by atoms with Crippen molar-refractivity contribution in [3.05, 3.63) is 52.3 Å². The number of halogens is 3. The molecule has 0 N–H and O–H groups in total. The van der Waals surface area contributed by atoms with Crippen LogP contribution in [0.5, 0.6) is 0 Å². The molecule has 0 aliphatic rings. The lowest BCUT2D eigenvalue weighted by Gasteiger charge is -2.16. The SMILES string of the molecule is C[Si](C)(C)c1nn(-c2cccc(C(F)(F)F)c2)ccc1=O. The van der Waals surface area contributed by atoms with Crippen LogP contribution in [-0.2, 0) is 6.18 Å². The summed E-state index contributed by atoms with van der Waals surface area (Å²) in [4.78, 5) is 11.9. The van der Waals surface area contributed by atoms with Crippen LogP contribution in [0.25, 0.3) is 5.69 Å². The zero-order valence-electron chi connectivity index (χ0n) is 11.9. The molecule has 0 spiro atoms. The van der Waals surface area contributed by atoms with Crippen molar-refractivity contribution in [1.82, 2.24) is 9.78 Å². The second kappa shape index (κ2) is 5.14. The second-order valence-electron chi connectivity index (χ2n) is 5.77. The molecular weight excluding hydrogens is 297 g/mol. The Morgan fingerprint density at radius 3 is 2.38 bits per heavy atom. The van der Waals surface area contributed by atoms with E-state index in [1.165, 1.54) is 29.1 Å². The summed E-state index contributed by atoms with van der Waals surface area (Å²) in [7, 11) is -1.96. The predicted molar refractivity (Wildman–Crippen MR) is 77.8 cm³/mol. The van der Waals surface area contributed by atoms with Gasteiger partial charge in [-0.05, 0) is 18.2 Å². The van der Waals surface area contributed by atoms with E-state index in [4.69, 9.17) is 0 Å². The molecule has 2 aromatic rings. The largest absolute Gasteiger partial charge is 0.416 e. The third-order valence-corrected chi connectivity index (χ3v) is 4.72. The molecule has 1 heterocycles. The van der Waals surface area contributed by atoms with Gasteiger partial charge in [0.05, 0.1) is 16.6 Å². The molecule has 0 bridgehead atoms. The van der Waals surface area contributed by atoms with E-state index in [0.29, 0.717) is 5.32 Å². The Morgan fingerprint density at radius 2 is 1.81 bits per heavy atom. The smallest absolute Gasteiger partial charge is 0.288 e. The molecule has 112 valence electrons. The molecule has 0 unspecified atom stereocenters. The van der Waals surface area contributed by atoms with Gasteiger partial charge in [-0.2, -0.15) is 18.3 Å². The van der Waals surface area contributed by atoms with Gasteiger partial charge < -0.3 is 0 Å². The fourth-order valence-electron chi connectivity index (χ4n) is 1.90. The fraction of sp³-hybridized carbons (Fsp3) is 0.286. The number of hydrogen-bond donors (Lipinski definition) is 0. The first kappa shape index (κ1) is 15.5. The highest BCUT2D eigenvalue weighted by Gasteiger charge is 2.30. The van der Waals surface area contributed by atoms with Crippen molar-refractivity contribution in [3.8, 4) is 5.69 Å². The molecule has 0 radical (unpaired) electrons. The number of alkyl halides is 3. The van der Waals surface area contributed by atoms with Crippen LogP contribution in [0.4, 0.5) is 13.2 Å². The highest BCUT2D eigenvalue weighted by atomic mass is 28.3. The summed E-state index contributed by atoms with van der Waals surface area (Å²) in [6.45, 7) is 5.90. The lowest BCUT2D eigenvalue weighted by Crippen LogP contribution is -2.50. The minimum Gasteiger partial charge on any atom is -0.288 e. The normalized spacial score (nSPS) is 12.5. The van der Waals surface area contributed by atoms with Gasteiger partial charge in [0, 0.05) is 12.3 Å². The lowest BCUT2D eigenvalue weighted by atomic mass is 10.2. The van der Waals surface area contributed by atoms with Crippen molar-refractivity contribution < 1.29 is 13.2 Å². The summed E-state index contributed by atoms with van der Waals surface area (Å²) in [6, 6.07) is 6.23. The molecule has 0 atom stereocenters. The standard InChI is InChI=1S/C14H15F3N2OSi/c1-21(2,3)13-12(20)7-8-19(18-13)11-6-4-5-10(9-11)14(15,16)17/h4-9H,1-3H3. The van der Waals surface area contributed by atoms with Crippen molar-refractivity contribution in [2.45, 2.75) is 25.8 Å². The average molecular weight is 312 g/mol. The quantitative estimate of drug-likeness (QED) is 0.799. The molecule has 7 heteroatoms. The third-order valence-electron chi connectivity index (χ3n) is 2.96. The maximum atomic E-state index is 12.7. The van der Waals surface area contributed by atoms with E-state index in [0.717, 1.165) is 12.1 Å². The van der Waals surface area contributed by atoms with Gasteiger partial charge in [0.1, 0.15) is 8.07 Å². The van der Waals surface area contributed by atoms with Gasteiger partial charge in [-0.3, -0.25) is 4.79 Å². The highest BCUT2D eigenvalue weighted by molar-refractivity contribution is 6.87. The van der Waals surface area contributed by atoms with Crippen molar-refractivity contribution >= 4 is 13.4 Å². The van der Waals surface area contributed by atoms with Gasteiger partial charge in [0.2, 0.25) is 0 Å². The van der Waals surface area contributed by atoms with Crippen molar-refractivity contribution in [2.24, 2.45) is 0 Å². The topological polar surface area (TPSA) is 34.9 Å². The van der Waals surface area contributed by atoms with Crippen LogP contribution < -0.4 is 10.7 Å². The molecule has 0 aliphatic heterocycles. The summed E-state index contributed by atoms with van der Waals surface area (Å²) < 4.78 is 39.6. The fourth-order valence-corrected chi connectivity index (χ4v) is 3.13. The van der Waals surface area contributed by atoms with Crippen LogP contribution in [0.2, 0.25) is 19.6 Å². The van der Waals surface area contributed by atoms with E-state index in [1.807, 2.05) is 19.6 Å². The zero-order chi connectivity index (χ0) is 15.8. The van der Waals surface area contributed by atoms with Crippen molar-refractivity contribution in [1.29, 1.82) is 0 Å². The van der Waals surface area contributed by atoms with E-state index in [-0.39, 0.29) is 11.1 Å². The molecule has 0 saturated heterocycles. The van der Waals surface area contributed by atoms with Gasteiger partial charge in [-0.1, -0.05) is 25.7 Å². The number of rotatable bonds is 2. The van der Waals surface area contributed by atoms with Gasteiger partial charge in [-0.15, -0.1) is 0 Å². The molecular formula is C14H15F3N2OSi. The minimum atomic E-state index is -4.41. The summed E-state index contributed by atoms with van der Waals surface area (Å²) >= 11 is 0. The number of aromatic nitrogens is 2. The first-order chi connectivity index (χ1) is 9.59. The summed E-state index contributed by atoms with van der Waals surface area (Å²) in [6.07, 6.45) is -3.02. The highest BCUT2D eigenvalue weighted by Crippen LogP contribution is 2.30. The zero-order valence-corrected chi connectivity index (χ0v) is 12.9. The Labute approximate surface area is 121 Å². The van der Waals surface area contributed by atoms with Crippen molar-refractivity contribution in [3.63, 3.8) is 0 Å². The summed E-state index contributed by atoms with van der Waals surface area (Å²) in [5, 5.41) is 4.68. The van der Waals surface area contributed by atoms with Crippen LogP contribution in [0.1, 0.15) is 5.56 Å². The van der Waals surface area contributed by atoms with Gasteiger partial charge in [-0.25, -0.2) is 4.68 Å². The average Bonchev–Trinajstić information content (AvgIpc) is 2.37. The van der Waals surface area contributed by atoms with Crippen LogP contribution in [-0.4, -0.2) is 17.9 Å². The van der Waals surface area contributed by atoms with Crippen molar-refractivity contribution in [2.75, 3.05) is 0 Å². The van der Waals surface area contributed by atoms with E-state index in [2.05, 4.69) is 5.10 Å². The molecule has 3 nitrogen and oxygen atoms in total. The second-order valence-corrected chi connectivity index (χ2v) is 10.7. The first-order valence-corrected chi connectivity index (χ1v) is 9.87. The molecule has 21 heavy (non-hydrogen) atoms. The number of nitrogens with zero attached hydrogens (tertiary/aromatic N) is 2. The Hall–Kier alpha value is -1.89. The number of hydrogen-bond acceptors (Lipinski definition) is 2. The molecule has 2 rings (SSSR count). The van der Waals surface area contributed by atoms with Gasteiger partial charge in [0.25, 0.3) is 0 Å². The third kappa shape index (κ3) is 3.41. The van der Waals surface area contributed by atoms with E-state index in [1.54, 1.807) is 0 Å².